The smallest absolute Gasteiger partial charge is 0.211 e. The summed E-state index contributed by atoms with van der Waals surface area (Å²) in [5, 5.41) is 9.11. The van der Waals surface area contributed by atoms with E-state index < -0.39 is 0 Å². The standard InChI is InChI=1S/C28H26Cl2N4O3/c29-23-2-1-3-24(30)26(23)27-22(28(37-33-27)17-4-5-17)15-36-21-8-10-34(11-9-21)20-7-6-18-12-19(32-16-35)14-31-25(18)13-20/h1-3,6-7,12-14,16-17,21H,4-5,8-11,15H2,(H,32,35). The summed E-state index contributed by atoms with van der Waals surface area (Å²) in [6.45, 7) is 2.21. The van der Waals surface area contributed by atoms with E-state index in [2.05, 4.69) is 32.5 Å². The molecule has 37 heavy (non-hydrogen) atoms. The quantitative estimate of drug-likeness (QED) is 0.248. The molecule has 0 atom stereocenters. The first-order valence-corrected chi connectivity index (χ1v) is 13.3. The fourth-order valence-electron chi connectivity index (χ4n) is 4.98. The Bertz CT molecular complexity index is 1420. The van der Waals surface area contributed by atoms with Crippen LogP contribution < -0.4 is 10.2 Å². The molecule has 3 heterocycles. The number of carbonyl (C=O) groups excluding carboxylic acids is 1. The highest BCUT2D eigenvalue weighted by molar-refractivity contribution is 6.39. The van der Waals surface area contributed by atoms with Gasteiger partial charge in [0.05, 0.1) is 40.2 Å². The maximum Gasteiger partial charge on any atom is 0.211 e. The SMILES string of the molecule is O=CNc1cnc2cc(N3CCC(OCc4c(-c5c(Cl)cccc5Cl)noc4C4CC4)CC3)ccc2c1. The first kappa shape index (κ1) is 24.2. The molecule has 4 aromatic rings. The number of anilines is 2. The lowest BCUT2D eigenvalue weighted by Crippen LogP contribution is -2.37. The third-order valence-electron chi connectivity index (χ3n) is 7.13. The number of nitrogens with zero attached hydrogens (tertiary/aromatic N) is 3. The number of benzene rings is 2. The zero-order valence-corrected chi connectivity index (χ0v) is 21.6. The first-order chi connectivity index (χ1) is 18.1. The lowest BCUT2D eigenvalue weighted by atomic mass is 10.0. The molecular weight excluding hydrogens is 511 g/mol. The van der Waals surface area contributed by atoms with Crippen LogP contribution in [0.15, 0.2) is 53.2 Å². The molecule has 7 nitrogen and oxygen atoms in total. The van der Waals surface area contributed by atoms with Crippen molar-refractivity contribution >= 4 is 51.9 Å². The summed E-state index contributed by atoms with van der Waals surface area (Å²) in [5.74, 6) is 1.30. The van der Waals surface area contributed by atoms with Crippen molar-refractivity contribution < 1.29 is 14.1 Å². The number of pyridine rings is 1. The molecule has 2 aliphatic rings. The predicted molar refractivity (Wildman–Crippen MR) is 145 cm³/mol. The van der Waals surface area contributed by atoms with Crippen LogP contribution in [0.1, 0.15) is 42.9 Å². The molecule has 6 rings (SSSR count). The molecule has 1 saturated carbocycles. The van der Waals surface area contributed by atoms with Gasteiger partial charge in [0.2, 0.25) is 6.41 Å². The number of carbonyl (C=O) groups is 1. The van der Waals surface area contributed by atoms with Crippen molar-refractivity contribution in [1.29, 1.82) is 0 Å². The monoisotopic (exact) mass is 536 g/mol. The van der Waals surface area contributed by atoms with E-state index in [1.165, 1.54) is 0 Å². The molecule has 1 saturated heterocycles. The Morgan fingerprint density at radius 2 is 1.86 bits per heavy atom. The minimum absolute atomic E-state index is 0.142. The zero-order chi connectivity index (χ0) is 25.4. The van der Waals surface area contributed by atoms with Gasteiger partial charge >= 0.3 is 0 Å². The van der Waals surface area contributed by atoms with Crippen LogP contribution in [0.5, 0.6) is 0 Å². The van der Waals surface area contributed by atoms with Gasteiger partial charge in [0.25, 0.3) is 0 Å². The van der Waals surface area contributed by atoms with Gasteiger partial charge in [0.15, 0.2) is 0 Å². The Morgan fingerprint density at radius 1 is 1.08 bits per heavy atom. The molecule has 1 aliphatic carbocycles. The van der Waals surface area contributed by atoms with Gasteiger partial charge in [-0.1, -0.05) is 40.5 Å². The van der Waals surface area contributed by atoms with E-state index in [-0.39, 0.29) is 6.10 Å². The van der Waals surface area contributed by atoms with E-state index in [1.807, 2.05) is 30.3 Å². The number of nitrogens with one attached hydrogen (secondary N) is 1. The van der Waals surface area contributed by atoms with Crippen LogP contribution >= 0.6 is 23.2 Å². The summed E-state index contributed by atoms with van der Waals surface area (Å²) in [6, 6.07) is 13.6. The van der Waals surface area contributed by atoms with E-state index in [1.54, 1.807) is 6.20 Å². The average molecular weight is 537 g/mol. The lowest BCUT2D eigenvalue weighted by Gasteiger charge is -2.33. The third kappa shape index (κ3) is 5.04. The third-order valence-corrected chi connectivity index (χ3v) is 7.76. The highest BCUT2D eigenvalue weighted by Gasteiger charge is 2.34. The van der Waals surface area contributed by atoms with Gasteiger partial charge in [-0.05, 0) is 56.0 Å². The van der Waals surface area contributed by atoms with Gasteiger partial charge in [0, 0.05) is 41.2 Å². The second kappa shape index (κ2) is 10.3. The number of piperidine rings is 1. The Labute approximate surface area is 224 Å². The van der Waals surface area contributed by atoms with Crippen molar-refractivity contribution in [2.75, 3.05) is 23.3 Å². The lowest BCUT2D eigenvalue weighted by molar-refractivity contribution is -0.105. The molecule has 0 radical (unpaired) electrons. The minimum Gasteiger partial charge on any atom is -0.373 e. The number of ether oxygens (including phenoxy) is 1. The van der Waals surface area contributed by atoms with E-state index in [0.29, 0.717) is 45.9 Å². The van der Waals surface area contributed by atoms with Crippen molar-refractivity contribution in [2.24, 2.45) is 0 Å². The van der Waals surface area contributed by atoms with E-state index in [0.717, 1.165) is 66.7 Å². The van der Waals surface area contributed by atoms with Gasteiger partial charge in [-0.25, -0.2) is 0 Å². The number of amides is 1. The highest BCUT2D eigenvalue weighted by Crippen LogP contribution is 2.46. The van der Waals surface area contributed by atoms with Gasteiger partial charge in [-0.2, -0.15) is 0 Å². The summed E-state index contributed by atoms with van der Waals surface area (Å²) in [7, 11) is 0. The van der Waals surface area contributed by atoms with Gasteiger partial charge < -0.3 is 19.5 Å². The fourth-order valence-corrected chi connectivity index (χ4v) is 5.56. The largest absolute Gasteiger partial charge is 0.373 e. The summed E-state index contributed by atoms with van der Waals surface area (Å²) in [5.41, 5.74) is 5.08. The van der Waals surface area contributed by atoms with E-state index in [4.69, 9.17) is 32.5 Å². The summed E-state index contributed by atoms with van der Waals surface area (Å²) >= 11 is 13.0. The maximum absolute atomic E-state index is 10.7. The molecule has 1 N–H and O–H groups in total. The molecule has 0 bridgehead atoms. The van der Waals surface area contributed by atoms with Crippen LogP contribution in [0, 0.1) is 0 Å². The maximum atomic E-state index is 10.7. The summed E-state index contributed by atoms with van der Waals surface area (Å²) in [4.78, 5) is 17.6. The summed E-state index contributed by atoms with van der Waals surface area (Å²) < 4.78 is 12.2. The topological polar surface area (TPSA) is 80.5 Å². The first-order valence-electron chi connectivity index (χ1n) is 12.5. The van der Waals surface area contributed by atoms with Crippen molar-refractivity contribution in [3.05, 3.63) is 70.0 Å². The molecule has 0 unspecified atom stereocenters. The molecular formula is C28H26Cl2N4O3. The van der Waals surface area contributed by atoms with Crippen molar-refractivity contribution in [3.63, 3.8) is 0 Å². The molecule has 0 spiro atoms. The van der Waals surface area contributed by atoms with E-state index >= 15 is 0 Å². The van der Waals surface area contributed by atoms with Crippen molar-refractivity contribution in [3.8, 4) is 11.3 Å². The summed E-state index contributed by atoms with van der Waals surface area (Å²) in [6.07, 6.45) is 6.51. The molecule has 1 amide bonds. The zero-order valence-electron chi connectivity index (χ0n) is 20.1. The van der Waals surface area contributed by atoms with Crippen LogP contribution in [0.2, 0.25) is 10.0 Å². The van der Waals surface area contributed by atoms with Crippen LogP contribution in [0.4, 0.5) is 11.4 Å². The second-order valence-corrected chi connectivity index (χ2v) is 10.4. The Balaban J connectivity index is 1.13. The molecule has 9 heteroatoms. The Hall–Kier alpha value is -3.13. The van der Waals surface area contributed by atoms with Crippen LogP contribution in [0.3, 0.4) is 0 Å². The average Bonchev–Trinajstić information content (AvgIpc) is 3.68. The van der Waals surface area contributed by atoms with Crippen LogP contribution in [-0.4, -0.2) is 35.7 Å². The molecule has 2 aromatic carbocycles. The molecule has 190 valence electrons. The normalized spacial score (nSPS) is 16.3. The van der Waals surface area contributed by atoms with E-state index in [9.17, 15) is 4.79 Å². The molecule has 2 aromatic heterocycles. The second-order valence-electron chi connectivity index (χ2n) is 9.61. The fraction of sp³-hybridized carbons (Fsp3) is 0.321. The van der Waals surface area contributed by atoms with Crippen LogP contribution in [-0.2, 0) is 16.1 Å². The van der Waals surface area contributed by atoms with Gasteiger partial charge in [0.1, 0.15) is 11.5 Å². The highest BCUT2D eigenvalue weighted by atomic mass is 35.5. The van der Waals surface area contributed by atoms with Gasteiger partial charge in [-0.3, -0.25) is 9.78 Å². The molecule has 1 aliphatic heterocycles. The number of aromatic nitrogens is 2. The number of hydrogen-bond donors (Lipinski definition) is 1. The van der Waals surface area contributed by atoms with Crippen molar-refractivity contribution in [2.45, 2.75) is 44.3 Å². The number of fused-ring (bicyclic) bond motifs is 1. The predicted octanol–water partition coefficient (Wildman–Crippen LogP) is 6.83. The van der Waals surface area contributed by atoms with Crippen molar-refractivity contribution in [1.82, 2.24) is 10.1 Å². The Kier molecular flexibility index (Phi) is 6.76. The van der Waals surface area contributed by atoms with Gasteiger partial charge in [-0.15, -0.1) is 0 Å². The molecule has 2 fully saturated rings. The Morgan fingerprint density at radius 3 is 2.59 bits per heavy atom. The minimum atomic E-state index is 0.142. The van der Waals surface area contributed by atoms with Crippen LogP contribution in [0.25, 0.3) is 22.2 Å². The number of rotatable bonds is 8. The number of hydrogen-bond acceptors (Lipinski definition) is 6. The number of halogens is 2.